The van der Waals surface area contributed by atoms with Crippen LogP contribution in [0.25, 0.3) is 5.76 Å². The van der Waals surface area contributed by atoms with E-state index in [4.69, 9.17) is 9.47 Å². The summed E-state index contributed by atoms with van der Waals surface area (Å²) in [6.07, 6.45) is 5.15. The fraction of sp³-hybridized carbons (Fsp3) is 0.412. The van der Waals surface area contributed by atoms with Crippen LogP contribution in [0.2, 0.25) is 0 Å². The number of methoxy groups -OCH3 is 1. The Bertz CT molecular complexity index is 470. The maximum Gasteiger partial charge on any atom is 0.149 e. The summed E-state index contributed by atoms with van der Waals surface area (Å²) in [5.41, 5.74) is 0.965. The third-order valence-corrected chi connectivity index (χ3v) is 3.40. The second kappa shape index (κ2) is 6.89. The smallest absolute Gasteiger partial charge is 0.149 e. The van der Waals surface area contributed by atoms with E-state index in [2.05, 4.69) is 18.4 Å². The summed E-state index contributed by atoms with van der Waals surface area (Å²) in [4.78, 5) is 0. The van der Waals surface area contributed by atoms with Crippen molar-refractivity contribution in [2.75, 3.05) is 13.7 Å². The Hall–Kier alpha value is -1.88. The van der Waals surface area contributed by atoms with Crippen molar-refractivity contribution in [3.05, 3.63) is 36.4 Å². The molecule has 100 valence electrons. The highest BCUT2D eigenvalue weighted by Crippen LogP contribution is 2.23. The third-order valence-electron chi connectivity index (χ3n) is 3.40. The predicted octanol–water partition coefficient (Wildman–Crippen LogP) is 3.88. The lowest BCUT2D eigenvalue weighted by atomic mass is 10.1. The number of rotatable bonds is 4. The minimum absolute atomic E-state index is 0.459. The molecule has 2 heteroatoms. The first-order valence-electron chi connectivity index (χ1n) is 6.74. The van der Waals surface area contributed by atoms with E-state index >= 15 is 0 Å². The molecule has 0 atom stereocenters. The molecule has 0 saturated heterocycles. The summed E-state index contributed by atoms with van der Waals surface area (Å²) in [6, 6.07) is 7.70. The lowest BCUT2D eigenvalue weighted by Gasteiger charge is -2.06. The molecule has 0 heterocycles. The van der Waals surface area contributed by atoms with Gasteiger partial charge in [-0.2, -0.15) is 0 Å². The zero-order valence-electron chi connectivity index (χ0n) is 11.4. The molecular formula is C17H20O2. The lowest BCUT2D eigenvalue weighted by molar-refractivity contribution is 0.367. The Morgan fingerprint density at radius 1 is 1.26 bits per heavy atom. The van der Waals surface area contributed by atoms with Crippen molar-refractivity contribution in [2.24, 2.45) is 5.92 Å². The van der Waals surface area contributed by atoms with Gasteiger partial charge in [0.1, 0.15) is 18.1 Å². The average molecular weight is 256 g/mol. The van der Waals surface area contributed by atoms with Crippen LogP contribution in [0.3, 0.4) is 0 Å². The Morgan fingerprint density at radius 3 is 2.58 bits per heavy atom. The van der Waals surface area contributed by atoms with Crippen LogP contribution < -0.4 is 4.74 Å². The molecule has 1 fully saturated rings. The molecule has 19 heavy (non-hydrogen) atoms. The van der Waals surface area contributed by atoms with Gasteiger partial charge in [-0.1, -0.05) is 31.3 Å². The molecular weight excluding hydrogens is 236 g/mol. The second-order valence-electron chi connectivity index (χ2n) is 4.74. The molecule has 0 bridgehead atoms. The molecule has 0 N–H and O–H groups in total. The highest BCUT2D eigenvalue weighted by Gasteiger charge is 2.11. The Balaban J connectivity index is 1.81. The molecule has 2 rings (SSSR count). The van der Waals surface area contributed by atoms with E-state index in [1.165, 1.54) is 25.7 Å². The third kappa shape index (κ3) is 4.06. The molecule has 1 aliphatic carbocycles. The fourth-order valence-electron chi connectivity index (χ4n) is 2.23. The first-order valence-corrected chi connectivity index (χ1v) is 6.74. The number of ether oxygens (including phenoxy) is 2. The van der Waals surface area contributed by atoms with Gasteiger partial charge in [0.05, 0.1) is 7.11 Å². The molecule has 1 aromatic rings. The van der Waals surface area contributed by atoms with E-state index in [0.717, 1.165) is 11.3 Å². The Kier molecular flexibility index (Phi) is 4.92. The van der Waals surface area contributed by atoms with Crippen LogP contribution in [-0.4, -0.2) is 13.7 Å². The van der Waals surface area contributed by atoms with Gasteiger partial charge < -0.3 is 9.47 Å². The van der Waals surface area contributed by atoms with Crippen molar-refractivity contribution in [1.82, 2.24) is 0 Å². The molecule has 0 amide bonds. The van der Waals surface area contributed by atoms with Gasteiger partial charge in [0, 0.05) is 11.5 Å². The van der Waals surface area contributed by atoms with E-state index in [0.29, 0.717) is 18.3 Å². The van der Waals surface area contributed by atoms with Gasteiger partial charge in [0.15, 0.2) is 0 Å². The van der Waals surface area contributed by atoms with Crippen LogP contribution in [0.4, 0.5) is 0 Å². The molecule has 0 unspecified atom stereocenters. The predicted molar refractivity (Wildman–Crippen MR) is 77.7 cm³/mol. The van der Waals surface area contributed by atoms with E-state index in [-0.39, 0.29) is 0 Å². The molecule has 0 spiro atoms. The first kappa shape index (κ1) is 13.5. The average Bonchev–Trinajstić information content (AvgIpc) is 2.96. The van der Waals surface area contributed by atoms with Crippen molar-refractivity contribution >= 4 is 5.76 Å². The van der Waals surface area contributed by atoms with Crippen molar-refractivity contribution in [3.8, 4) is 17.6 Å². The van der Waals surface area contributed by atoms with Crippen LogP contribution >= 0.6 is 0 Å². The lowest BCUT2D eigenvalue weighted by Crippen LogP contribution is -1.96. The van der Waals surface area contributed by atoms with Crippen molar-refractivity contribution < 1.29 is 9.47 Å². The standard InChI is InChI=1S/C17H20O2/c1-14(18-2)16-9-11-17(12-10-16)19-13-5-8-15-6-3-4-7-15/h9-12,15H,1,3-4,6-7,13H2,2H3. The minimum Gasteiger partial charge on any atom is -0.497 e. The van der Waals surface area contributed by atoms with Crippen LogP contribution in [0, 0.1) is 17.8 Å². The quantitative estimate of drug-likeness (QED) is 0.601. The molecule has 0 aromatic heterocycles. The van der Waals surface area contributed by atoms with E-state index in [9.17, 15) is 0 Å². The fourth-order valence-corrected chi connectivity index (χ4v) is 2.23. The minimum atomic E-state index is 0.459. The van der Waals surface area contributed by atoms with Crippen LogP contribution in [-0.2, 0) is 4.74 Å². The maximum absolute atomic E-state index is 5.59. The van der Waals surface area contributed by atoms with Crippen LogP contribution in [0.15, 0.2) is 30.8 Å². The summed E-state index contributed by atoms with van der Waals surface area (Å²) < 4.78 is 10.7. The molecule has 1 aromatic carbocycles. The van der Waals surface area contributed by atoms with Crippen molar-refractivity contribution in [2.45, 2.75) is 25.7 Å². The summed E-state index contributed by atoms with van der Waals surface area (Å²) >= 11 is 0. The summed E-state index contributed by atoms with van der Waals surface area (Å²) in [7, 11) is 1.62. The monoisotopic (exact) mass is 256 g/mol. The molecule has 0 radical (unpaired) electrons. The first-order chi connectivity index (χ1) is 9.29. The summed E-state index contributed by atoms with van der Waals surface area (Å²) in [6.45, 7) is 4.27. The molecule has 0 aliphatic heterocycles. The molecule has 2 nitrogen and oxygen atoms in total. The van der Waals surface area contributed by atoms with Crippen molar-refractivity contribution in [1.29, 1.82) is 0 Å². The maximum atomic E-state index is 5.59. The van der Waals surface area contributed by atoms with Gasteiger partial charge in [0.2, 0.25) is 0 Å². The van der Waals surface area contributed by atoms with E-state index in [1.807, 2.05) is 24.3 Å². The van der Waals surface area contributed by atoms with Crippen LogP contribution in [0.5, 0.6) is 5.75 Å². The van der Waals surface area contributed by atoms with Gasteiger partial charge in [-0.05, 0) is 37.1 Å². The van der Waals surface area contributed by atoms with Gasteiger partial charge in [0.25, 0.3) is 0 Å². The van der Waals surface area contributed by atoms with Gasteiger partial charge >= 0.3 is 0 Å². The van der Waals surface area contributed by atoms with Crippen molar-refractivity contribution in [3.63, 3.8) is 0 Å². The highest BCUT2D eigenvalue weighted by molar-refractivity contribution is 5.57. The number of hydrogen-bond donors (Lipinski definition) is 0. The van der Waals surface area contributed by atoms with Gasteiger partial charge in [-0.15, -0.1) is 0 Å². The van der Waals surface area contributed by atoms with Gasteiger partial charge in [-0.25, -0.2) is 0 Å². The SMILES string of the molecule is C=C(OC)c1ccc(OCC#CC2CCCC2)cc1. The zero-order valence-corrected chi connectivity index (χ0v) is 11.4. The second-order valence-corrected chi connectivity index (χ2v) is 4.74. The largest absolute Gasteiger partial charge is 0.497 e. The van der Waals surface area contributed by atoms with E-state index < -0.39 is 0 Å². The topological polar surface area (TPSA) is 18.5 Å². The normalized spacial score (nSPS) is 14.6. The number of hydrogen-bond acceptors (Lipinski definition) is 2. The van der Waals surface area contributed by atoms with E-state index in [1.54, 1.807) is 7.11 Å². The van der Waals surface area contributed by atoms with Gasteiger partial charge in [-0.3, -0.25) is 0 Å². The molecule has 1 saturated carbocycles. The Morgan fingerprint density at radius 2 is 1.95 bits per heavy atom. The summed E-state index contributed by atoms with van der Waals surface area (Å²) in [5, 5.41) is 0. The van der Waals surface area contributed by atoms with Crippen LogP contribution in [0.1, 0.15) is 31.2 Å². The number of benzene rings is 1. The molecule has 1 aliphatic rings. The zero-order chi connectivity index (χ0) is 13.5. The highest BCUT2D eigenvalue weighted by atomic mass is 16.5. The Labute approximate surface area is 115 Å². The summed E-state index contributed by atoms with van der Waals surface area (Å²) in [5.74, 6) is 8.47.